The van der Waals surface area contributed by atoms with Gasteiger partial charge in [0.2, 0.25) is 0 Å². The highest BCUT2D eigenvalue weighted by atomic mass is 35.5. The summed E-state index contributed by atoms with van der Waals surface area (Å²) in [5, 5.41) is 5.46. The lowest BCUT2D eigenvalue weighted by Gasteiger charge is -2.20. The van der Waals surface area contributed by atoms with E-state index in [0.717, 1.165) is 22.7 Å². The number of anilines is 1. The molecule has 0 aliphatic heterocycles. The Morgan fingerprint density at radius 1 is 1.00 bits per heavy atom. The molecule has 0 aliphatic rings. The maximum absolute atomic E-state index is 6.17. The van der Waals surface area contributed by atoms with E-state index in [1.54, 1.807) is 12.1 Å². The lowest BCUT2D eigenvalue weighted by molar-refractivity contribution is 0.749. The van der Waals surface area contributed by atoms with Crippen LogP contribution in [0.5, 0.6) is 0 Å². The molecule has 0 aliphatic carbocycles. The quantitative estimate of drug-likeness (QED) is 0.707. The summed E-state index contributed by atoms with van der Waals surface area (Å²) in [4.78, 5) is 0. The van der Waals surface area contributed by atoms with Crippen LogP contribution in [0.3, 0.4) is 0 Å². The van der Waals surface area contributed by atoms with Gasteiger partial charge in [-0.25, -0.2) is 0 Å². The van der Waals surface area contributed by atoms with E-state index < -0.39 is 0 Å². The Kier molecular flexibility index (Phi) is 4.98. The highest BCUT2D eigenvalue weighted by molar-refractivity contribution is 6.35. The maximum Gasteiger partial charge on any atom is 0.0638 e. The predicted molar refractivity (Wildman–Crippen MR) is 84.6 cm³/mol. The van der Waals surface area contributed by atoms with Crippen molar-refractivity contribution in [3.63, 3.8) is 0 Å². The first-order valence-corrected chi connectivity index (χ1v) is 7.20. The normalized spacial score (nSPS) is 12.2. The molecule has 0 saturated heterocycles. The van der Waals surface area contributed by atoms with Gasteiger partial charge in [0, 0.05) is 10.0 Å². The second-order valence-electron chi connectivity index (χ2n) is 4.28. The molecule has 4 heteroatoms. The minimum absolute atomic E-state index is 0.148. The molecule has 19 heavy (non-hydrogen) atoms. The summed E-state index contributed by atoms with van der Waals surface area (Å²) in [6, 6.07) is 13.4. The van der Waals surface area contributed by atoms with Crippen LogP contribution >= 0.6 is 34.8 Å². The Morgan fingerprint density at radius 3 is 2.42 bits per heavy atom. The van der Waals surface area contributed by atoms with Crippen molar-refractivity contribution in [3.05, 3.63) is 63.1 Å². The minimum atomic E-state index is 0.148. The average Bonchev–Trinajstić information content (AvgIpc) is 2.39. The van der Waals surface area contributed by atoms with E-state index in [0.29, 0.717) is 10.0 Å². The van der Waals surface area contributed by atoms with Crippen molar-refractivity contribution >= 4 is 40.5 Å². The van der Waals surface area contributed by atoms with E-state index >= 15 is 0 Å². The number of nitrogens with one attached hydrogen (secondary N) is 1. The van der Waals surface area contributed by atoms with Crippen LogP contribution in [0.1, 0.15) is 24.9 Å². The van der Waals surface area contributed by atoms with Crippen LogP contribution in [0.4, 0.5) is 5.69 Å². The Morgan fingerprint density at radius 2 is 1.74 bits per heavy atom. The predicted octanol–water partition coefficient (Wildman–Crippen LogP) is 6.21. The topological polar surface area (TPSA) is 12.0 Å². The average molecular weight is 315 g/mol. The summed E-state index contributed by atoms with van der Waals surface area (Å²) < 4.78 is 0. The monoisotopic (exact) mass is 313 g/mol. The summed E-state index contributed by atoms with van der Waals surface area (Å²) >= 11 is 18.2. The molecule has 0 heterocycles. The zero-order chi connectivity index (χ0) is 13.8. The molecule has 0 spiro atoms. The minimum Gasteiger partial charge on any atom is -0.377 e. The standard InChI is InChI=1S/C15H14Cl3N/c1-2-14(10-4-3-5-11(16)8-10)19-15-9-12(17)6-7-13(15)18/h3-9,14,19H,2H2,1H3. The number of hydrogen-bond acceptors (Lipinski definition) is 1. The van der Waals surface area contributed by atoms with Gasteiger partial charge in [0.05, 0.1) is 16.8 Å². The first-order valence-electron chi connectivity index (χ1n) is 6.07. The molecule has 2 aromatic rings. The van der Waals surface area contributed by atoms with E-state index in [4.69, 9.17) is 34.8 Å². The van der Waals surface area contributed by atoms with Crippen LogP contribution < -0.4 is 5.32 Å². The van der Waals surface area contributed by atoms with E-state index in [1.165, 1.54) is 0 Å². The van der Waals surface area contributed by atoms with E-state index in [-0.39, 0.29) is 6.04 Å². The lowest BCUT2D eigenvalue weighted by Crippen LogP contribution is -2.10. The van der Waals surface area contributed by atoms with E-state index in [1.807, 2.05) is 30.3 Å². The summed E-state index contributed by atoms with van der Waals surface area (Å²) in [6.45, 7) is 2.11. The molecule has 2 aromatic carbocycles. The second-order valence-corrected chi connectivity index (χ2v) is 5.56. The van der Waals surface area contributed by atoms with Crippen LogP contribution in [-0.2, 0) is 0 Å². The fourth-order valence-corrected chi connectivity index (χ4v) is 2.48. The smallest absolute Gasteiger partial charge is 0.0638 e. The highest BCUT2D eigenvalue weighted by Gasteiger charge is 2.11. The molecule has 0 saturated carbocycles. The van der Waals surface area contributed by atoms with Gasteiger partial charge in [0.1, 0.15) is 0 Å². The van der Waals surface area contributed by atoms with Crippen LogP contribution in [0.25, 0.3) is 0 Å². The second kappa shape index (κ2) is 6.51. The fourth-order valence-electron chi connectivity index (χ4n) is 1.94. The van der Waals surface area contributed by atoms with Gasteiger partial charge in [0.25, 0.3) is 0 Å². The molecule has 100 valence electrons. The van der Waals surface area contributed by atoms with Gasteiger partial charge in [-0.05, 0) is 42.3 Å². The van der Waals surface area contributed by atoms with Gasteiger partial charge in [-0.15, -0.1) is 0 Å². The van der Waals surface area contributed by atoms with Crippen molar-refractivity contribution in [2.75, 3.05) is 5.32 Å². The van der Waals surface area contributed by atoms with Gasteiger partial charge < -0.3 is 5.32 Å². The molecule has 0 radical (unpaired) electrons. The lowest BCUT2D eigenvalue weighted by atomic mass is 10.0. The first-order chi connectivity index (χ1) is 9.10. The molecule has 1 nitrogen and oxygen atoms in total. The molecular formula is C15H14Cl3N. The van der Waals surface area contributed by atoms with Crippen LogP contribution in [0.15, 0.2) is 42.5 Å². The molecule has 0 fully saturated rings. The molecule has 1 atom stereocenters. The van der Waals surface area contributed by atoms with Crippen LogP contribution in [-0.4, -0.2) is 0 Å². The zero-order valence-electron chi connectivity index (χ0n) is 10.5. The Hall–Kier alpha value is -0.890. The molecular weight excluding hydrogens is 301 g/mol. The van der Waals surface area contributed by atoms with Crippen molar-refractivity contribution in [3.8, 4) is 0 Å². The first kappa shape index (κ1) is 14.5. The molecule has 0 aromatic heterocycles. The third-order valence-electron chi connectivity index (χ3n) is 2.92. The van der Waals surface area contributed by atoms with Gasteiger partial charge in [-0.2, -0.15) is 0 Å². The zero-order valence-corrected chi connectivity index (χ0v) is 12.7. The molecule has 1 N–H and O–H groups in total. The maximum atomic E-state index is 6.17. The highest BCUT2D eigenvalue weighted by Crippen LogP contribution is 2.30. The van der Waals surface area contributed by atoms with E-state index in [2.05, 4.69) is 12.2 Å². The number of hydrogen-bond donors (Lipinski definition) is 1. The number of benzene rings is 2. The summed E-state index contributed by atoms with van der Waals surface area (Å²) in [6.07, 6.45) is 0.920. The molecule has 1 unspecified atom stereocenters. The van der Waals surface area contributed by atoms with Gasteiger partial charge in [0.15, 0.2) is 0 Å². The van der Waals surface area contributed by atoms with Crippen LogP contribution in [0, 0.1) is 0 Å². The van der Waals surface area contributed by atoms with E-state index in [9.17, 15) is 0 Å². The fraction of sp³-hybridized carbons (Fsp3) is 0.200. The third kappa shape index (κ3) is 3.79. The Bertz CT molecular complexity index is 569. The van der Waals surface area contributed by atoms with Crippen molar-refractivity contribution < 1.29 is 0 Å². The molecule has 0 amide bonds. The van der Waals surface area contributed by atoms with Crippen LogP contribution in [0.2, 0.25) is 15.1 Å². The Labute approximate surface area is 128 Å². The molecule has 2 rings (SSSR count). The number of rotatable bonds is 4. The largest absolute Gasteiger partial charge is 0.377 e. The van der Waals surface area contributed by atoms with Crippen molar-refractivity contribution in [2.24, 2.45) is 0 Å². The summed E-state index contributed by atoms with van der Waals surface area (Å²) in [5.74, 6) is 0. The third-order valence-corrected chi connectivity index (χ3v) is 3.72. The molecule has 0 bridgehead atoms. The van der Waals surface area contributed by atoms with Crippen molar-refractivity contribution in [1.82, 2.24) is 0 Å². The van der Waals surface area contributed by atoms with Crippen molar-refractivity contribution in [1.29, 1.82) is 0 Å². The summed E-state index contributed by atoms with van der Waals surface area (Å²) in [7, 11) is 0. The van der Waals surface area contributed by atoms with Gasteiger partial charge in [-0.3, -0.25) is 0 Å². The summed E-state index contributed by atoms with van der Waals surface area (Å²) in [5.41, 5.74) is 1.96. The Balaban J connectivity index is 2.26. The van der Waals surface area contributed by atoms with Crippen molar-refractivity contribution in [2.45, 2.75) is 19.4 Å². The van der Waals surface area contributed by atoms with Gasteiger partial charge >= 0.3 is 0 Å². The number of halogens is 3. The van der Waals surface area contributed by atoms with Gasteiger partial charge in [-0.1, -0.05) is 53.9 Å². The SMILES string of the molecule is CCC(Nc1cc(Cl)ccc1Cl)c1cccc(Cl)c1.